The average Bonchev–Trinajstić information content (AvgIpc) is 2.66. The maximum atomic E-state index is 13.5. The number of aromatic amines is 1. The molecule has 0 atom stereocenters. The quantitative estimate of drug-likeness (QED) is 0.695. The molecule has 90 valence electrons. The fraction of sp³-hybridized carbons (Fsp3) is 0. The van der Waals surface area contributed by atoms with E-state index in [9.17, 15) is 9.18 Å². The Hall–Kier alpha value is -2.07. The summed E-state index contributed by atoms with van der Waals surface area (Å²) in [6, 6.07) is 7.71. The van der Waals surface area contributed by atoms with Crippen molar-refractivity contribution in [2.24, 2.45) is 5.73 Å². The molecule has 1 amide bonds. The van der Waals surface area contributed by atoms with Crippen molar-refractivity contribution in [1.29, 1.82) is 0 Å². The summed E-state index contributed by atoms with van der Waals surface area (Å²) in [6.07, 6.45) is 0. The first-order valence-corrected chi connectivity index (χ1v) is 5.64. The van der Waals surface area contributed by atoms with Crippen molar-refractivity contribution in [3.63, 3.8) is 0 Å². The Morgan fingerprint density at radius 2 is 2.00 bits per heavy atom. The smallest absolute Gasteiger partial charge is 0.250 e. The number of benzene rings is 2. The van der Waals surface area contributed by atoms with Gasteiger partial charge in [0.05, 0.1) is 11.1 Å². The molecule has 0 bridgehead atoms. The molecule has 0 spiro atoms. The minimum absolute atomic E-state index is 0.136. The van der Waals surface area contributed by atoms with Crippen LogP contribution in [-0.4, -0.2) is 10.9 Å². The van der Waals surface area contributed by atoms with E-state index in [0.717, 1.165) is 17.0 Å². The van der Waals surface area contributed by atoms with E-state index in [1.807, 2.05) is 0 Å². The molecule has 5 heteroatoms. The lowest BCUT2D eigenvalue weighted by Gasteiger charge is -1.99. The van der Waals surface area contributed by atoms with Gasteiger partial charge in [-0.1, -0.05) is 11.6 Å². The van der Waals surface area contributed by atoms with Gasteiger partial charge in [-0.15, -0.1) is 0 Å². The molecule has 0 aliphatic rings. The number of amides is 1. The van der Waals surface area contributed by atoms with E-state index in [2.05, 4.69) is 4.98 Å². The molecule has 0 saturated heterocycles. The number of carbonyl (C=O) groups is 1. The van der Waals surface area contributed by atoms with Gasteiger partial charge in [0.25, 0.3) is 5.91 Å². The second-order valence-corrected chi connectivity index (χ2v) is 4.49. The van der Waals surface area contributed by atoms with Crippen LogP contribution < -0.4 is 5.73 Å². The molecule has 3 N–H and O–H groups in total. The van der Waals surface area contributed by atoms with E-state index in [1.54, 1.807) is 18.2 Å². The van der Waals surface area contributed by atoms with Gasteiger partial charge >= 0.3 is 0 Å². The van der Waals surface area contributed by atoms with Crippen molar-refractivity contribution in [1.82, 2.24) is 4.98 Å². The van der Waals surface area contributed by atoms with E-state index in [4.69, 9.17) is 17.3 Å². The fourth-order valence-electron chi connectivity index (χ4n) is 2.13. The van der Waals surface area contributed by atoms with Gasteiger partial charge in [0.1, 0.15) is 5.82 Å². The average molecular weight is 263 g/mol. The summed E-state index contributed by atoms with van der Waals surface area (Å²) in [6.45, 7) is 0. The molecule has 3 nitrogen and oxygen atoms in total. The third kappa shape index (κ3) is 1.54. The van der Waals surface area contributed by atoms with Crippen molar-refractivity contribution < 1.29 is 9.18 Å². The molecular formula is C13H8ClFN2O. The van der Waals surface area contributed by atoms with E-state index >= 15 is 0 Å². The molecule has 18 heavy (non-hydrogen) atoms. The molecule has 0 radical (unpaired) electrons. The Morgan fingerprint density at radius 3 is 2.72 bits per heavy atom. The van der Waals surface area contributed by atoms with Gasteiger partial charge in [-0.3, -0.25) is 4.79 Å². The monoisotopic (exact) mass is 262 g/mol. The summed E-state index contributed by atoms with van der Waals surface area (Å²) >= 11 is 5.92. The molecule has 0 fully saturated rings. The van der Waals surface area contributed by atoms with Crippen LogP contribution in [0.25, 0.3) is 21.8 Å². The van der Waals surface area contributed by atoms with Crippen molar-refractivity contribution in [2.75, 3.05) is 0 Å². The Labute approximate surface area is 106 Å². The number of primary amides is 1. The Kier molecular flexibility index (Phi) is 2.28. The lowest BCUT2D eigenvalue weighted by atomic mass is 10.1. The topological polar surface area (TPSA) is 58.9 Å². The van der Waals surface area contributed by atoms with Crippen molar-refractivity contribution in [3.8, 4) is 0 Å². The van der Waals surface area contributed by atoms with Crippen LogP contribution in [0.2, 0.25) is 5.02 Å². The van der Waals surface area contributed by atoms with Crippen molar-refractivity contribution in [2.45, 2.75) is 0 Å². The lowest BCUT2D eigenvalue weighted by Crippen LogP contribution is -2.11. The molecule has 3 aromatic rings. The van der Waals surface area contributed by atoms with Crippen LogP contribution >= 0.6 is 11.6 Å². The van der Waals surface area contributed by atoms with Crippen LogP contribution in [-0.2, 0) is 0 Å². The first-order valence-electron chi connectivity index (χ1n) is 5.26. The second-order valence-electron chi connectivity index (χ2n) is 4.06. The summed E-state index contributed by atoms with van der Waals surface area (Å²) in [7, 11) is 0. The molecule has 0 aliphatic heterocycles. The molecule has 0 aliphatic carbocycles. The number of carbonyl (C=O) groups excluding carboxylic acids is 1. The van der Waals surface area contributed by atoms with Gasteiger partial charge in [-0.25, -0.2) is 4.39 Å². The second kappa shape index (κ2) is 3.71. The number of nitrogens with two attached hydrogens (primary N) is 1. The maximum Gasteiger partial charge on any atom is 0.250 e. The molecule has 3 rings (SSSR count). The summed E-state index contributed by atoms with van der Waals surface area (Å²) in [5.41, 5.74) is 6.69. The Bertz CT molecular complexity index is 794. The van der Waals surface area contributed by atoms with Gasteiger partial charge in [-0.05, 0) is 30.3 Å². The number of hydrogen-bond acceptors (Lipinski definition) is 1. The Morgan fingerprint density at radius 1 is 1.22 bits per heavy atom. The van der Waals surface area contributed by atoms with Crippen LogP contribution in [0.1, 0.15) is 10.4 Å². The minimum Gasteiger partial charge on any atom is -0.366 e. The predicted molar refractivity (Wildman–Crippen MR) is 69.3 cm³/mol. The van der Waals surface area contributed by atoms with Gasteiger partial charge < -0.3 is 10.7 Å². The zero-order valence-corrected chi connectivity index (χ0v) is 9.88. The summed E-state index contributed by atoms with van der Waals surface area (Å²) < 4.78 is 13.5. The maximum absolute atomic E-state index is 13.5. The number of nitrogens with one attached hydrogen (secondary N) is 1. The number of hydrogen-bond donors (Lipinski definition) is 2. The summed E-state index contributed by atoms with van der Waals surface area (Å²) in [4.78, 5) is 14.4. The minimum atomic E-state index is -0.669. The molecule has 2 aromatic carbocycles. The van der Waals surface area contributed by atoms with Crippen LogP contribution in [0.4, 0.5) is 4.39 Å². The number of halogens is 2. The SMILES string of the molecule is NC(=O)c1cc(F)cc2c1[nH]c1ccc(Cl)cc12. The van der Waals surface area contributed by atoms with Crippen LogP contribution in [0, 0.1) is 5.82 Å². The number of aromatic nitrogens is 1. The van der Waals surface area contributed by atoms with Crippen LogP contribution in [0.15, 0.2) is 30.3 Å². The van der Waals surface area contributed by atoms with Crippen molar-refractivity contribution >= 4 is 39.3 Å². The lowest BCUT2D eigenvalue weighted by molar-refractivity contribution is 0.100. The van der Waals surface area contributed by atoms with Gasteiger partial charge in [0.15, 0.2) is 0 Å². The Balaban J connectivity index is 2.54. The molecule has 0 unspecified atom stereocenters. The normalized spacial score (nSPS) is 11.2. The third-order valence-corrected chi connectivity index (χ3v) is 3.14. The molecule has 1 heterocycles. The van der Waals surface area contributed by atoms with E-state index < -0.39 is 11.7 Å². The third-order valence-electron chi connectivity index (χ3n) is 2.90. The molecular weight excluding hydrogens is 255 g/mol. The van der Waals surface area contributed by atoms with E-state index in [1.165, 1.54) is 6.07 Å². The first-order chi connectivity index (χ1) is 8.56. The molecule has 1 aromatic heterocycles. The highest BCUT2D eigenvalue weighted by atomic mass is 35.5. The number of H-pyrrole nitrogens is 1. The number of rotatable bonds is 1. The van der Waals surface area contributed by atoms with Gasteiger partial charge in [0.2, 0.25) is 0 Å². The highest BCUT2D eigenvalue weighted by Gasteiger charge is 2.13. The van der Waals surface area contributed by atoms with E-state index in [0.29, 0.717) is 15.9 Å². The number of fused-ring (bicyclic) bond motifs is 3. The van der Waals surface area contributed by atoms with Crippen LogP contribution in [0.5, 0.6) is 0 Å². The summed E-state index contributed by atoms with van der Waals surface area (Å²) in [5, 5.41) is 1.91. The highest BCUT2D eigenvalue weighted by molar-refractivity contribution is 6.32. The zero-order valence-electron chi connectivity index (χ0n) is 9.13. The van der Waals surface area contributed by atoms with Gasteiger partial charge in [-0.2, -0.15) is 0 Å². The standard InChI is InChI=1S/C13H8ClFN2O/c14-6-1-2-11-8(3-6)9-4-7(15)5-10(13(16)18)12(9)17-11/h1-5,17H,(H2,16,18). The van der Waals surface area contributed by atoms with E-state index in [-0.39, 0.29) is 5.56 Å². The predicted octanol–water partition coefficient (Wildman–Crippen LogP) is 3.21. The van der Waals surface area contributed by atoms with Gasteiger partial charge in [0, 0.05) is 21.3 Å². The fourth-order valence-corrected chi connectivity index (χ4v) is 2.30. The summed E-state index contributed by atoms with van der Waals surface area (Å²) in [5.74, 6) is -1.17. The van der Waals surface area contributed by atoms with Crippen LogP contribution in [0.3, 0.4) is 0 Å². The highest BCUT2D eigenvalue weighted by Crippen LogP contribution is 2.30. The zero-order chi connectivity index (χ0) is 12.9. The largest absolute Gasteiger partial charge is 0.366 e. The first kappa shape index (κ1) is 11.0. The molecule has 0 saturated carbocycles. The van der Waals surface area contributed by atoms with Crippen molar-refractivity contribution in [3.05, 3.63) is 46.7 Å².